The summed E-state index contributed by atoms with van der Waals surface area (Å²) in [7, 11) is 0. The number of hydrogen-bond donors (Lipinski definition) is 1. The highest BCUT2D eigenvalue weighted by Crippen LogP contribution is 2.28. The number of pyridine rings is 1. The number of aliphatic hydroxyl groups excluding tert-OH is 1. The molecule has 0 amide bonds. The number of hydrogen-bond acceptors (Lipinski definition) is 4. The van der Waals surface area contributed by atoms with E-state index in [0.717, 1.165) is 30.9 Å². The van der Waals surface area contributed by atoms with Crippen LogP contribution in [0.3, 0.4) is 0 Å². The molecule has 0 aromatic carbocycles. The van der Waals surface area contributed by atoms with Crippen molar-refractivity contribution < 1.29 is 5.11 Å². The molecule has 1 aliphatic heterocycles. The van der Waals surface area contributed by atoms with Crippen molar-refractivity contribution in [3.05, 3.63) is 24.0 Å². The third-order valence-corrected chi connectivity index (χ3v) is 3.87. The predicted octanol–water partition coefficient (Wildman–Crippen LogP) is 1.78. The molecule has 1 fully saturated rings. The average molecular weight is 260 g/mol. The molecular formula is C14H20N4O. The van der Waals surface area contributed by atoms with Gasteiger partial charge in [-0.1, -0.05) is 0 Å². The molecule has 5 heteroatoms. The molecule has 1 unspecified atom stereocenters. The molecule has 0 bridgehead atoms. The van der Waals surface area contributed by atoms with Gasteiger partial charge in [-0.3, -0.25) is 0 Å². The Hall–Kier alpha value is -1.62. The van der Waals surface area contributed by atoms with E-state index in [4.69, 9.17) is 5.11 Å². The van der Waals surface area contributed by atoms with Crippen molar-refractivity contribution in [2.75, 3.05) is 18.1 Å². The molecule has 0 saturated carbocycles. The van der Waals surface area contributed by atoms with E-state index >= 15 is 0 Å². The van der Waals surface area contributed by atoms with E-state index in [9.17, 15) is 0 Å². The van der Waals surface area contributed by atoms with E-state index in [2.05, 4.69) is 34.0 Å². The minimum absolute atomic E-state index is 0.275. The molecule has 5 nitrogen and oxygen atoms in total. The molecule has 1 N–H and O–H groups in total. The van der Waals surface area contributed by atoms with Gasteiger partial charge in [0.1, 0.15) is 12.1 Å². The lowest BCUT2D eigenvalue weighted by Gasteiger charge is -2.27. The molecule has 0 spiro atoms. The summed E-state index contributed by atoms with van der Waals surface area (Å²) in [6, 6.07) is 4.75. The van der Waals surface area contributed by atoms with Crippen molar-refractivity contribution in [3.63, 3.8) is 0 Å². The first kappa shape index (κ1) is 12.4. The van der Waals surface area contributed by atoms with Crippen LogP contribution in [0, 0.1) is 6.92 Å². The Balaban J connectivity index is 1.96. The van der Waals surface area contributed by atoms with Gasteiger partial charge in [0.05, 0.1) is 0 Å². The normalized spacial score (nSPS) is 19.5. The van der Waals surface area contributed by atoms with Crippen LogP contribution in [-0.2, 0) is 0 Å². The van der Waals surface area contributed by atoms with E-state index in [0.29, 0.717) is 6.04 Å². The monoisotopic (exact) mass is 260 g/mol. The van der Waals surface area contributed by atoms with Crippen LogP contribution in [0.4, 0.5) is 5.82 Å². The predicted molar refractivity (Wildman–Crippen MR) is 74.4 cm³/mol. The Bertz CT molecular complexity index is 566. The fraction of sp³-hybridized carbons (Fsp3) is 0.571. The second-order valence-electron chi connectivity index (χ2n) is 5.28. The topological polar surface area (TPSA) is 53.7 Å². The van der Waals surface area contributed by atoms with E-state index < -0.39 is 0 Å². The molecule has 0 radical (unpaired) electrons. The maximum atomic E-state index is 9.02. The smallest absolute Gasteiger partial charge is 0.157 e. The number of fused-ring (bicyclic) bond motifs is 1. The standard InChI is InChI=1S/C14H20N4O/c1-11-8-13-15-10-16-18(13)14(9-11)17-6-2-4-12(17)5-3-7-19/h8-10,12,19H,2-7H2,1H3. The second-order valence-corrected chi connectivity index (χ2v) is 5.28. The van der Waals surface area contributed by atoms with Crippen LogP contribution in [0.1, 0.15) is 31.2 Å². The van der Waals surface area contributed by atoms with Crippen molar-refractivity contribution >= 4 is 11.5 Å². The Kier molecular flexibility index (Phi) is 3.38. The maximum Gasteiger partial charge on any atom is 0.157 e. The molecule has 19 heavy (non-hydrogen) atoms. The van der Waals surface area contributed by atoms with Crippen LogP contribution in [0.25, 0.3) is 5.65 Å². The summed E-state index contributed by atoms with van der Waals surface area (Å²) in [6.45, 7) is 3.43. The molecule has 3 rings (SSSR count). The zero-order chi connectivity index (χ0) is 13.2. The van der Waals surface area contributed by atoms with Crippen LogP contribution in [0.2, 0.25) is 0 Å². The zero-order valence-corrected chi connectivity index (χ0v) is 11.3. The number of aryl methyl sites for hydroxylation is 1. The first-order valence-corrected chi connectivity index (χ1v) is 6.97. The van der Waals surface area contributed by atoms with Gasteiger partial charge in [0.25, 0.3) is 0 Å². The average Bonchev–Trinajstić information content (AvgIpc) is 3.03. The highest BCUT2D eigenvalue weighted by molar-refractivity contribution is 5.53. The highest BCUT2D eigenvalue weighted by atomic mass is 16.2. The molecule has 0 aliphatic carbocycles. The summed E-state index contributed by atoms with van der Waals surface area (Å²) in [5.41, 5.74) is 2.12. The fourth-order valence-electron chi connectivity index (χ4n) is 3.00. The fourth-order valence-corrected chi connectivity index (χ4v) is 3.00. The van der Waals surface area contributed by atoms with Crippen LogP contribution >= 0.6 is 0 Å². The SMILES string of the molecule is Cc1cc(N2CCCC2CCCO)n2ncnc2c1. The quantitative estimate of drug-likeness (QED) is 0.910. The van der Waals surface area contributed by atoms with Crippen molar-refractivity contribution in [2.24, 2.45) is 0 Å². The molecule has 2 aromatic heterocycles. The molecular weight excluding hydrogens is 240 g/mol. The lowest BCUT2D eigenvalue weighted by molar-refractivity contribution is 0.279. The Morgan fingerprint density at radius 3 is 3.16 bits per heavy atom. The van der Waals surface area contributed by atoms with E-state index in [-0.39, 0.29) is 6.61 Å². The third-order valence-electron chi connectivity index (χ3n) is 3.87. The number of rotatable bonds is 4. The van der Waals surface area contributed by atoms with E-state index in [1.54, 1.807) is 6.33 Å². The van der Waals surface area contributed by atoms with Crippen LogP contribution in [0.15, 0.2) is 18.5 Å². The van der Waals surface area contributed by atoms with Gasteiger partial charge in [-0.25, -0.2) is 4.98 Å². The van der Waals surface area contributed by atoms with Gasteiger partial charge < -0.3 is 10.0 Å². The molecule has 3 heterocycles. The summed E-state index contributed by atoms with van der Waals surface area (Å²) < 4.78 is 1.92. The number of aromatic nitrogens is 3. The first-order valence-electron chi connectivity index (χ1n) is 6.97. The molecule has 1 aliphatic rings. The Labute approximate surface area is 112 Å². The minimum atomic E-state index is 0.275. The molecule has 1 saturated heterocycles. The largest absolute Gasteiger partial charge is 0.396 e. The van der Waals surface area contributed by atoms with Gasteiger partial charge in [0.15, 0.2) is 5.65 Å². The first-order chi connectivity index (χ1) is 9.29. The minimum Gasteiger partial charge on any atom is -0.396 e. The molecule has 2 aromatic rings. The molecule has 102 valence electrons. The van der Waals surface area contributed by atoms with Crippen LogP contribution < -0.4 is 4.90 Å². The lowest BCUT2D eigenvalue weighted by Crippen LogP contribution is -2.31. The van der Waals surface area contributed by atoms with Crippen molar-refractivity contribution in [1.29, 1.82) is 0 Å². The Morgan fingerprint density at radius 2 is 2.32 bits per heavy atom. The highest BCUT2D eigenvalue weighted by Gasteiger charge is 2.26. The summed E-state index contributed by atoms with van der Waals surface area (Å²) in [4.78, 5) is 6.70. The lowest BCUT2D eigenvalue weighted by atomic mass is 10.1. The number of anilines is 1. The van der Waals surface area contributed by atoms with E-state index in [1.807, 2.05) is 4.52 Å². The van der Waals surface area contributed by atoms with Gasteiger partial charge in [0.2, 0.25) is 0 Å². The summed E-state index contributed by atoms with van der Waals surface area (Å²) in [5, 5.41) is 13.4. The van der Waals surface area contributed by atoms with Crippen molar-refractivity contribution in [1.82, 2.24) is 14.6 Å². The number of nitrogens with zero attached hydrogens (tertiary/aromatic N) is 4. The third kappa shape index (κ3) is 2.30. The molecule has 1 atom stereocenters. The van der Waals surface area contributed by atoms with Crippen LogP contribution in [0.5, 0.6) is 0 Å². The van der Waals surface area contributed by atoms with Crippen molar-refractivity contribution in [3.8, 4) is 0 Å². The summed E-state index contributed by atoms with van der Waals surface area (Å²) in [6.07, 6.45) is 5.93. The van der Waals surface area contributed by atoms with Gasteiger partial charge in [-0.2, -0.15) is 9.61 Å². The van der Waals surface area contributed by atoms with E-state index in [1.165, 1.54) is 18.4 Å². The maximum absolute atomic E-state index is 9.02. The van der Waals surface area contributed by atoms with Gasteiger partial charge in [0, 0.05) is 19.2 Å². The Morgan fingerprint density at radius 1 is 1.42 bits per heavy atom. The van der Waals surface area contributed by atoms with Gasteiger partial charge >= 0.3 is 0 Å². The van der Waals surface area contributed by atoms with Crippen LogP contribution in [-0.4, -0.2) is 38.9 Å². The summed E-state index contributed by atoms with van der Waals surface area (Å²) in [5.74, 6) is 1.13. The van der Waals surface area contributed by atoms with Crippen molar-refractivity contribution in [2.45, 2.75) is 38.6 Å². The van der Waals surface area contributed by atoms with Gasteiger partial charge in [-0.15, -0.1) is 0 Å². The number of aliphatic hydroxyl groups is 1. The zero-order valence-electron chi connectivity index (χ0n) is 11.3. The second kappa shape index (κ2) is 5.17. The van der Waals surface area contributed by atoms with Gasteiger partial charge in [-0.05, 0) is 50.3 Å². The summed E-state index contributed by atoms with van der Waals surface area (Å²) >= 11 is 0.